The predicted molar refractivity (Wildman–Crippen MR) is 110 cm³/mol. The maximum atomic E-state index is 12.5. The minimum absolute atomic E-state index is 0.0827. The Morgan fingerprint density at radius 2 is 1.96 bits per heavy atom. The fraction of sp³-hybridized carbons (Fsp3) is 0.364. The second-order valence-electron chi connectivity index (χ2n) is 7.36. The van der Waals surface area contributed by atoms with E-state index in [-0.39, 0.29) is 11.8 Å². The molecule has 0 bridgehead atoms. The van der Waals surface area contributed by atoms with Crippen LogP contribution in [0.2, 0.25) is 0 Å². The van der Waals surface area contributed by atoms with Crippen molar-refractivity contribution >= 4 is 22.9 Å². The lowest BCUT2D eigenvalue weighted by Crippen LogP contribution is -2.35. The Balaban J connectivity index is 1.25. The third kappa shape index (κ3) is 4.27. The number of hydrogen-bond donors (Lipinski definition) is 3. The number of carbonyl (C=O) groups is 1. The van der Waals surface area contributed by atoms with E-state index in [1.807, 2.05) is 48.5 Å². The molecular weight excluding hydrogens is 352 g/mol. The van der Waals surface area contributed by atoms with Crippen LogP contribution in [0, 0.1) is 5.92 Å². The second-order valence-corrected chi connectivity index (χ2v) is 7.36. The van der Waals surface area contributed by atoms with E-state index in [4.69, 9.17) is 4.74 Å². The number of nitrogens with zero attached hydrogens (tertiary/aromatic N) is 1. The van der Waals surface area contributed by atoms with Gasteiger partial charge in [0.05, 0.1) is 18.1 Å². The fourth-order valence-electron chi connectivity index (χ4n) is 3.83. The molecule has 3 N–H and O–H groups in total. The molecule has 4 rings (SSSR count). The third-order valence-electron chi connectivity index (χ3n) is 5.43. The van der Waals surface area contributed by atoms with E-state index >= 15 is 0 Å². The van der Waals surface area contributed by atoms with Gasteiger partial charge in [-0.25, -0.2) is 4.98 Å². The highest BCUT2D eigenvalue weighted by Crippen LogP contribution is 2.27. The molecule has 28 heavy (non-hydrogen) atoms. The van der Waals surface area contributed by atoms with Crippen molar-refractivity contribution < 1.29 is 9.53 Å². The first kappa shape index (κ1) is 18.3. The second kappa shape index (κ2) is 8.33. The number of imidazole rings is 1. The van der Waals surface area contributed by atoms with Gasteiger partial charge in [-0.2, -0.15) is 0 Å². The van der Waals surface area contributed by atoms with Gasteiger partial charge in [0, 0.05) is 18.5 Å². The van der Waals surface area contributed by atoms with Gasteiger partial charge in [-0.1, -0.05) is 24.3 Å². The lowest BCUT2D eigenvalue weighted by atomic mass is 9.85. The zero-order chi connectivity index (χ0) is 19.3. The predicted octanol–water partition coefficient (Wildman–Crippen LogP) is 3.86. The van der Waals surface area contributed by atoms with Crippen molar-refractivity contribution in [3.63, 3.8) is 0 Å². The fourth-order valence-corrected chi connectivity index (χ4v) is 3.83. The first-order valence-corrected chi connectivity index (χ1v) is 9.83. The van der Waals surface area contributed by atoms with Crippen LogP contribution >= 0.6 is 0 Å². The molecule has 0 atom stereocenters. The number of amides is 1. The number of aromatic nitrogens is 2. The number of para-hydroxylation sites is 2. The zero-order valence-corrected chi connectivity index (χ0v) is 16.1. The number of carbonyl (C=O) groups excluding carboxylic acids is 1. The third-order valence-corrected chi connectivity index (χ3v) is 5.43. The SMILES string of the molecule is COc1cccc(CNC(=O)[C@H]2CC[C@H](Nc3nc4ccccc4[nH]3)CC2)c1. The summed E-state index contributed by atoms with van der Waals surface area (Å²) < 4.78 is 5.23. The number of fused-ring (bicyclic) bond motifs is 1. The molecule has 1 aromatic heterocycles. The van der Waals surface area contributed by atoms with E-state index < -0.39 is 0 Å². The molecular formula is C22H26N4O2. The highest BCUT2D eigenvalue weighted by Gasteiger charge is 2.26. The number of anilines is 1. The number of hydrogen-bond acceptors (Lipinski definition) is 4. The van der Waals surface area contributed by atoms with Gasteiger partial charge in [-0.3, -0.25) is 4.79 Å². The number of H-pyrrole nitrogens is 1. The first-order chi connectivity index (χ1) is 13.7. The summed E-state index contributed by atoms with van der Waals surface area (Å²) in [6.07, 6.45) is 3.71. The number of ether oxygens (including phenoxy) is 1. The molecule has 1 fully saturated rings. The Morgan fingerprint density at radius 3 is 2.75 bits per heavy atom. The smallest absolute Gasteiger partial charge is 0.223 e. The lowest BCUT2D eigenvalue weighted by Gasteiger charge is -2.28. The summed E-state index contributed by atoms with van der Waals surface area (Å²) >= 11 is 0. The van der Waals surface area contributed by atoms with Crippen LogP contribution in [0.1, 0.15) is 31.2 Å². The summed E-state index contributed by atoms with van der Waals surface area (Å²) in [5, 5.41) is 6.56. The van der Waals surface area contributed by atoms with Crippen LogP contribution < -0.4 is 15.4 Å². The summed E-state index contributed by atoms with van der Waals surface area (Å²) in [7, 11) is 1.65. The molecule has 1 aliphatic carbocycles. The van der Waals surface area contributed by atoms with E-state index in [1.54, 1.807) is 7.11 Å². The quantitative estimate of drug-likeness (QED) is 0.609. The maximum absolute atomic E-state index is 12.5. The summed E-state index contributed by atoms with van der Waals surface area (Å²) in [6.45, 7) is 0.535. The largest absolute Gasteiger partial charge is 0.497 e. The Hall–Kier alpha value is -3.02. The summed E-state index contributed by atoms with van der Waals surface area (Å²) in [5.74, 6) is 1.85. The molecule has 6 nitrogen and oxygen atoms in total. The molecule has 3 aromatic rings. The van der Waals surface area contributed by atoms with Gasteiger partial charge in [0.1, 0.15) is 5.75 Å². The number of benzene rings is 2. The molecule has 2 aromatic carbocycles. The van der Waals surface area contributed by atoms with Crippen LogP contribution in [0.5, 0.6) is 5.75 Å². The molecule has 6 heteroatoms. The topological polar surface area (TPSA) is 79.0 Å². The molecule has 0 aliphatic heterocycles. The van der Waals surface area contributed by atoms with E-state index in [0.717, 1.165) is 54.0 Å². The van der Waals surface area contributed by atoms with Gasteiger partial charge in [0.2, 0.25) is 11.9 Å². The van der Waals surface area contributed by atoms with Gasteiger partial charge in [0.25, 0.3) is 0 Å². The van der Waals surface area contributed by atoms with Crippen LogP contribution in [-0.2, 0) is 11.3 Å². The van der Waals surface area contributed by atoms with Crippen molar-refractivity contribution in [1.82, 2.24) is 15.3 Å². The van der Waals surface area contributed by atoms with Gasteiger partial charge in [-0.15, -0.1) is 0 Å². The van der Waals surface area contributed by atoms with E-state index in [2.05, 4.69) is 20.6 Å². The molecule has 0 saturated heterocycles. The maximum Gasteiger partial charge on any atom is 0.223 e. The number of nitrogens with one attached hydrogen (secondary N) is 3. The van der Waals surface area contributed by atoms with Gasteiger partial charge in [-0.05, 0) is 55.5 Å². The molecule has 1 saturated carbocycles. The summed E-state index contributed by atoms with van der Waals surface area (Å²) in [6, 6.07) is 16.2. The van der Waals surface area contributed by atoms with E-state index in [1.165, 1.54) is 0 Å². The van der Waals surface area contributed by atoms with E-state index in [0.29, 0.717) is 12.6 Å². The minimum atomic E-state index is 0.0827. The lowest BCUT2D eigenvalue weighted by molar-refractivity contribution is -0.126. The van der Waals surface area contributed by atoms with Gasteiger partial charge < -0.3 is 20.4 Å². The van der Waals surface area contributed by atoms with Crippen LogP contribution in [0.15, 0.2) is 48.5 Å². The van der Waals surface area contributed by atoms with Crippen molar-refractivity contribution in [3.05, 3.63) is 54.1 Å². The summed E-state index contributed by atoms with van der Waals surface area (Å²) in [4.78, 5) is 20.4. The molecule has 1 aliphatic rings. The van der Waals surface area contributed by atoms with Crippen molar-refractivity contribution in [1.29, 1.82) is 0 Å². The van der Waals surface area contributed by atoms with Crippen molar-refractivity contribution in [2.45, 2.75) is 38.3 Å². The van der Waals surface area contributed by atoms with Crippen LogP contribution in [0.4, 0.5) is 5.95 Å². The average Bonchev–Trinajstić information content (AvgIpc) is 3.15. The highest BCUT2D eigenvalue weighted by atomic mass is 16.5. The van der Waals surface area contributed by atoms with Gasteiger partial charge >= 0.3 is 0 Å². The molecule has 146 valence electrons. The first-order valence-electron chi connectivity index (χ1n) is 9.83. The Labute approximate surface area is 164 Å². The minimum Gasteiger partial charge on any atom is -0.497 e. The Kier molecular flexibility index (Phi) is 5.46. The Morgan fingerprint density at radius 1 is 1.14 bits per heavy atom. The van der Waals surface area contributed by atoms with Crippen molar-refractivity contribution in [2.75, 3.05) is 12.4 Å². The number of methoxy groups -OCH3 is 1. The van der Waals surface area contributed by atoms with Crippen molar-refractivity contribution in [2.24, 2.45) is 5.92 Å². The molecule has 0 radical (unpaired) electrons. The van der Waals surface area contributed by atoms with Crippen LogP contribution in [0.25, 0.3) is 11.0 Å². The molecule has 0 unspecified atom stereocenters. The van der Waals surface area contributed by atoms with E-state index in [9.17, 15) is 4.79 Å². The highest BCUT2D eigenvalue weighted by molar-refractivity contribution is 5.79. The summed E-state index contributed by atoms with van der Waals surface area (Å²) in [5.41, 5.74) is 3.05. The number of rotatable bonds is 6. The molecule has 1 amide bonds. The molecule has 0 spiro atoms. The average molecular weight is 378 g/mol. The standard InChI is InChI=1S/C22H26N4O2/c1-28-18-6-4-5-15(13-18)14-23-21(27)16-9-11-17(12-10-16)24-22-25-19-7-2-3-8-20(19)26-22/h2-8,13,16-17H,9-12,14H2,1H3,(H,23,27)(H2,24,25,26)/t16-,17-. The van der Waals surface area contributed by atoms with Crippen LogP contribution in [-0.4, -0.2) is 29.0 Å². The zero-order valence-electron chi connectivity index (χ0n) is 16.1. The monoisotopic (exact) mass is 378 g/mol. The van der Waals surface area contributed by atoms with Crippen LogP contribution in [0.3, 0.4) is 0 Å². The van der Waals surface area contributed by atoms with Crippen molar-refractivity contribution in [3.8, 4) is 5.75 Å². The Bertz CT molecular complexity index is 911. The normalized spacial score (nSPS) is 19.3. The van der Waals surface area contributed by atoms with Gasteiger partial charge in [0.15, 0.2) is 0 Å². The molecule has 1 heterocycles. The number of aromatic amines is 1.